The van der Waals surface area contributed by atoms with Crippen molar-refractivity contribution >= 4 is 28.3 Å². The summed E-state index contributed by atoms with van der Waals surface area (Å²) >= 11 is 1.20. The Labute approximate surface area is 127 Å². The Hall–Kier alpha value is -1.38. The Morgan fingerprint density at radius 2 is 2.43 bits per heavy atom. The Balaban J connectivity index is 1.68. The molecule has 1 aromatic rings. The summed E-state index contributed by atoms with van der Waals surface area (Å²) in [5, 5.41) is 6.88. The standard InChI is InChI=1S/C13H20N4O3S/c1-19-13(4-5-20-7-13)6-15-12-9(10(14)17-21-12)11(18)16-8-2-3-8/h8,15H,2-7H2,1H3,(H2,14,17)(H,16,18). The van der Waals surface area contributed by atoms with Crippen LogP contribution in [0.3, 0.4) is 0 Å². The largest absolute Gasteiger partial charge is 0.382 e. The maximum Gasteiger partial charge on any atom is 0.258 e. The number of hydrogen-bond donors (Lipinski definition) is 3. The molecule has 0 spiro atoms. The van der Waals surface area contributed by atoms with Crippen LogP contribution in [-0.2, 0) is 9.47 Å². The second kappa shape index (κ2) is 5.78. The molecule has 0 bridgehead atoms. The number of aromatic nitrogens is 1. The number of nitrogens with one attached hydrogen (secondary N) is 2. The lowest BCUT2D eigenvalue weighted by Crippen LogP contribution is -2.39. The van der Waals surface area contributed by atoms with Crippen molar-refractivity contribution in [1.29, 1.82) is 0 Å². The van der Waals surface area contributed by atoms with Gasteiger partial charge in [-0.05, 0) is 24.4 Å². The van der Waals surface area contributed by atoms with Crippen LogP contribution in [0.4, 0.5) is 10.8 Å². The van der Waals surface area contributed by atoms with E-state index in [2.05, 4.69) is 15.0 Å². The van der Waals surface area contributed by atoms with Crippen LogP contribution in [0, 0.1) is 0 Å². The van der Waals surface area contributed by atoms with E-state index in [0.29, 0.717) is 30.3 Å². The summed E-state index contributed by atoms with van der Waals surface area (Å²) in [6.07, 6.45) is 2.90. The molecule has 1 aliphatic carbocycles. The zero-order valence-electron chi connectivity index (χ0n) is 12.0. The average Bonchev–Trinajstić information content (AvgIpc) is 3.03. The van der Waals surface area contributed by atoms with Crippen LogP contribution in [0.1, 0.15) is 29.6 Å². The predicted molar refractivity (Wildman–Crippen MR) is 80.7 cm³/mol. The maximum absolute atomic E-state index is 12.2. The van der Waals surface area contributed by atoms with Crippen LogP contribution in [-0.4, -0.2) is 48.8 Å². The van der Waals surface area contributed by atoms with Crippen LogP contribution in [0.2, 0.25) is 0 Å². The van der Waals surface area contributed by atoms with Crippen LogP contribution in [0.15, 0.2) is 0 Å². The third kappa shape index (κ3) is 3.12. The predicted octanol–water partition coefficient (Wildman–Crippen LogP) is 0.835. The van der Waals surface area contributed by atoms with E-state index < -0.39 is 0 Å². The summed E-state index contributed by atoms with van der Waals surface area (Å²) in [6, 6.07) is 0.290. The van der Waals surface area contributed by atoms with E-state index in [1.165, 1.54) is 11.5 Å². The zero-order valence-corrected chi connectivity index (χ0v) is 12.8. The van der Waals surface area contributed by atoms with Crippen LogP contribution >= 0.6 is 11.5 Å². The molecule has 3 rings (SSSR count). The van der Waals surface area contributed by atoms with Crippen molar-refractivity contribution in [2.45, 2.75) is 30.9 Å². The highest BCUT2D eigenvalue weighted by atomic mass is 32.1. The number of amides is 1. The Bertz CT molecular complexity index is 523. The lowest BCUT2D eigenvalue weighted by atomic mass is 10.0. The maximum atomic E-state index is 12.2. The molecule has 2 aliphatic rings. The number of ether oxygens (including phenoxy) is 2. The van der Waals surface area contributed by atoms with E-state index in [0.717, 1.165) is 19.3 Å². The van der Waals surface area contributed by atoms with Crippen molar-refractivity contribution in [2.24, 2.45) is 0 Å². The van der Waals surface area contributed by atoms with Gasteiger partial charge in [-0.25, -0.2) is 0 Å². The minimum atomic E-state index is -0.344. The molecule has 116 valence electrons. The number of methoxy groups -OCH3 is 1. The normalized spacial score (nSPS) is 25.0. The van der Waals surface area contributed by atoms with E-state index in [9.17, 15) is 4.79 Å². The van der Waals surface area contributed by atoms with E-state index in [1.807, 2.05) is 0 Å². The molecule has 1 aliphatic heterocycles. The first-order valence-corrected chi connectivity index (χ1v) is 7.84. The molecule has 2 fully saturated rings. The molecule has 1 unspecified atom stereocenters. The minimum Gasteiger partial charge on any atom is -0.382 e. The number of nitrogens with zero attached hydrogens (tertiary/aromatic N) is 1. The molecule has 2 heterocycles. The Morgan fingerprint density at radius 3 is 3.05 bits per heavy atom. The molecular formula is C13H20N4O3S. The van der Waals surface area contributed by atoms with Crippen molar-refractivity contribution in [2.75, 3.05) is 37.9 Å². The zero-order chi connectivity index (χ0) is 14.9. The molecule has 0 aromatic carbocycles. The SMILES string of the molecule is COC1(CNc2snc(N)c2C(=O)NC2CC2)CCOC1. The van der Waals surface area contributed by atoms with Gasteiger partial charge < -0.3 is 25.8 Å². The molecule has 7 nitrogen and oxygen atoms in total. The number of carbonyl (C=O) groups is 1. The second-order valence-corrected chi connectivity index (χ2v) is 6.34. The number of rotatable bonds is 6. The fourth-order valence-corrected chi connectivity index (χ4v) is 3.04. The highest BCUT2D eigenvalue weighted by Crippen LogP contribution is 2.30. The lowest BCUT2D eigenvalue weighted by molar-refractivity contribution is -0.00616. The van der Waals surface area contributed by atoms with Crippen molar-refractivity contribution in [3.05, 3.63) is 5.56 Å². The lowest BCUT2D eigenvalue weighted by Gasteiger charge is -2.26. The molecule has 1 saturated carbocycles. The monoisotopic (exact) mass is 312 g/mol. The van der Waals surface area contributed by atoms with E-state index in [-0.39, 0.29) is 23.4 Å². The van der Waals surface area contributed by atoms with E-state index in [4.69, 9.17) is 15.2 Å². The van der Waals surface area contributed by atoms with Gasteiger partial charge in [-0.1, -0.05) is 0 Å². The van der Waals surface area contributed by atoms with Crippen molar-refractivity contribution in [3.8, 4) is 0 Å². The molecule has 1 aromatic heterocycles. The number of hydrogen-bond acceptors (Lipinski definition) is 7. The highest BCUT2D eigenvalue weighted by molar-refractivity contribution is 7.11. The molecule has 0 radical (unpaired) electrons. The van der Waals surface area contributed by atoms with Crippen LogP contribution in [0.25, 0.3) is 0 Å². The van der Waals surface area contributed by atoms with Crippen LogP contribution < -0.4 is 16.4 Å². The van der Waals surface area contributed by atoms with Gasteiger partial charge in [-0.3, -0.25) is 4.79 Å². The van der Waals surface area contributed by atoms with E-state index >= 15 is 0 Å². The Kier molecular flexibility index (Phi) is 4.01. The third-order valence-corrected chi connectivity index (χ3v) is 4.75. The molecular weight excluding hydrogens is 292 g/mol. The quantitative estimate of drug-likeness (QED) is 0.720. The Morgan fingerprint density at radius 1 is 1.62 bits per heavy atom. The average molecular weight is 312 g/mol. The third-order valence-electron chi connectivity index (χ3n) is 3.93. The molecule has 4 N–H and O–H groups in total. The summed E-state index contributed by atoms with van der Waals surface area (Å²) in [5.74, 6) is 0.121. The van der Waals surface area contributed by atoms with Gasteiger partial charge in [0, 0.05) is 32.7 Å². The molecule has 1 atom stereocenters. The fraction of sp³-hybridized carbons (Fsp3) is 0.692. The number of carbonyl (C=O) groups excluding carboxylic acids is 1. The second-order valence-electron chi connectivity index (χ2n) is 5.56. The summed E-state index contributed by atoms with van der Waals surface area (Å²) in [7, 11) is 1.68. The van der Waals surface area contributed by atoms with Crippen molar-refractivity contribution in [1.82, 2.24) is 9.69 Å². The molecule has 8 heteroatoms. The smallest absolute Gasteiger partial charge is 0.258 e. The van der Waals surface area contributed by atoms with Crippen molar-refractivity contribution in [3.63, 3.8) is 0 Å². The van der Waals surface area contributed by atoms with Gasteiger partial charge in [-0.15, -0.1) is 0 Å². The summed E-state index contributed by atoms with van der Waals surface area (Å²) in [6.45, 7) is 1.80. The minimum absolute atomic E-state index is 0.152. The topological polar surface area (TPSA) is 98.5 Å². The number of anilines is 2. The molecule has 1 saturated heterocycles. The summed E-state index contributed by atoms with van der Waals surface area (Å²) in [5.41, 5.74) is 5.93. The first-order valence-electron chi connectivity index (χ1n) is 7.06. The van der Waals surface area contributed by atoms with E-state index in [1.54, 1.807) is 7.11 Å². The number of nitrogen functional groups attached to an aromatic ring is 1. The van der Waals surface area contributed by atoms with Gasteiger partial charge in [0.05, 0.1) is 6.61 Å². The van der Waals surface area contributed by atoms with Gasteiger partial charge in [0.2, 0.25) is 0 Å². The molecule has 1 amide bonds. The van der Waals surface area contributed by atoms with Gasteiger partial charge in [-0.2, -0.15) is 4.37 Å². The summed E-state index contributed by atoms with van der Waals surface area (Å²) in [4.78, 5) is 12.2. The molecule has 21 heavy (non-hydrogen) atoms. The highest BCUT2D eigenvalue weighted by Gasteiger charge is 2.35. The van der Waals surface area contributed by atoms with Gasteiger partial charge in [0.25, 0.3) is 5.91 Å². The number of nitrogens with two attached hydrogens (primary N) is 1. The van der Waals surface area contributed by atoms with Gasteiger partial charge >= 0.3 is 0 Å². The fourth-order valence-electron chi connectivity index (χ4n) is 2.33. The summed E-state index contributed by atoms with van der Waals surface area (Å²) < 4.78 is 15.1. The van der Waals surface area contributed by atoms with Crippen LogP contribution in [0.5, 0.6) is 0 Å². The first-order chi connectivity index (χ1) is 10.1. The van der Waals surface area contributed by atoms with Gasteiger partial charge in [0.15, 0.2) is 5.82 Å². The first kappa shape index (κ1) is 14.6. The van der Waals surface area contributed by atoms with Gasteiger partial charge in [0.1, 0.15) is 16.2 Å². The van der Waals surface area contributed by atoms with Crippen molar-refractivity contribution < 1.29 is 14.3 Å².